The van der Waals surface area contributed by atoms with Gasteiger partial charge in [-0.2, -0.15) is 9.40 Å². The van der Waals surface area contributed by atoms with Crippen LogP contribution in [0.15, 0.2) is 35.4 Å². The van der Waals surface area contributed by atoms with Crippen LogP contribution in [-0.4, -0.2) is 75.4 Å². The average molecular weight is 421 g/mol. The van der Waals surface area contributed by atoms with Gasteiger partial charge in [0.05, 0.1) is 30.0 Å². The lowest BCUT2D eigenvalue weighted by Gasteiger charge is -2.35. The number of sulfonamides is 1. The molecule has 0 amide bonds. The van der Waals surface area contributed by atoms with Gasteiger partial charge in [0, 0.05) is 45.3 Å². The van der Waals surface area contributed by atoms with Gasteiger partial charge >= 0.3 is 0 Å². The van der Waals surface area contributed by atoms with E-state index in [1.54, 1.807) is 13.1 Å². The molecule has 8 nitrogen and oxygen atoms in total. The monoisotopic (exact) mass is 421 g/mol. The maximum atomic E-state index is 13.3. The molecule has 0 aliphatic carbocycles. The van der Waals surface area contributed by atoms with Crippen LogP contribution in [0.3, 0.4) is 0 Å². The summed E-state index contributed by atoms with van der Waals surface area (Å²) in [4.78, 5) is 4.40. The summed E-state index contributed by atoms with van der Waals surface area (Å²) in [5.41, 5.74) is 1.41. The molecule has 156 valence electrons. The molecule has 1 aromatic carbocycles. The van der Waals surface area contributed by atoms with Gasteiger partial charge in [-0.15, -0.1) is 5.10 Å². The minimum atomic E-state index is -3.66. The predicted octanol–water partition coefficient (Wildman–Crippen LogP) is 1.27. The molecule has 10 heteroatoms. The second-order valence-corrected chi connectivity index (χ2v) is 9.08. The summed E-state index contributed by atoms with van der Waals surface area (Å²) in [6, 6.07) is 5.76. The minimum absolute atomic E-state index is 0.154. The van der Waals surface area contributed by atoms with E-state index in [9.17, 15) is 12.8 Å². The van der Waals surface area contributed by atoms with E-state index in [-0.39, 0.29) is 4.90 Å². The van der Waals surface area contributed by atoms with Crippen molar-refractivity contribution in [3.8, 4) is 0 Å². The van der Waals surface area contributed by atoms with Gasteiger partial charge in [0.2, 0.25) is 10.0 Å². The fourth-order valence-corrected chi connectivity index (χ4v) is 5.32. The normalized spacial score (nSPS) is 18.8. The van der Waals surface area contributed by atoms with Gasteiger partial charge in [0.1, 0.15) is 5.82 Å². The van der Waals surface area contributed by atoms with Crippen molar-refractivity contribution in [2.75, 3.05) is 62.3 Å². The molecular formula is C19H24FN5O3S. The van der Waals surface area contributed by atoms with Gasteiger partial charge in [0.25, 0.3) is 0 Å². The number of benzene rings is 1. The SMILES string of the molecule is Cc1cc(F)ccc1S(=O)(=O)N1CCN(c2cc(N3CCOCC3)cnn2)CC1. The number of hydrogen-bond donors (Lipinski definition) is 0. The number of anilines is 2. The Bertz CT molecular complexity index is 974. The number of aromatic nitrogens is 2. The lowest BCUT2D eigenvalue weighted by Crippen LogP contribution is -2.49. The van der Waals surface area contributed by atoms with Crippen LogP contribution in [0.1, 0.15) is 5.56 Å². The molecule has 4 rings (SSSR count). The molecule has 0 N–H and O–H groups in total. The lowest BCUT2D eigenvalue weighted by atomic mass is 10.2. The Labute approximate surface area is 169 Å². The Morgan fingerprint density at radius 1 is 1.00 bits per heavy atom. The zero-order valence-electron chi connectivity index (χ0n) is 16.3. The molecular weight excluding hydrogens is 397 g/mol. The Hall–Kier alpha value is -2.30. The molecule has 2 aliphatic heterocycles. The second-order valence-electron chi connectivity index (χ2n) is 7.17. The molecule has 1 aromatic heterocycles. The van der Waals surface area contributed by atoms with Crippen molar-refractivity contribution < 1.29 is 17.5 Å². The van der Waals surface area contributed by atoms with Crippen molar-refractivity contribution >= 4 is 21.5 Å². The number of aryl methyl sites for hydroxylation is 1. The summed E-state index contributed by atoms with van der Waals surface area (Å²) in [6.45, 7) is 6.32. The van der Waals surface area contributed by atoms with E-state index in [4.69, 9.17) is 4.74 Å². The van der Waals surface area contributed by atoms with Gasteiger partial charge in [-0.1, -0.05) is 0 Å². The van der Waals surface area contributed by atoms with Crippen LogP contribution in [0, 0.1) is 12.7 Å². The highest BCUT2D eigenvalue weighted by molar-refractivity contribution is 7.89. The third kappa shape index (κ3) is 4.19. The van der Waals surface area contributed by atoms with Gasteiger partial charge in [-0.3, -0.25) is 0 Å². The highest BCUT2D eigenvalue weighted by Crippen LogP contribution is 2.25. The van der Waals surface area contributed by atoms with Crippen molar-refractivity contribution in [3.05, 3.63) is 41.8 Å². The van der Waals surface area contributed by atoms with Crippen LogP contribution in [-0.2, 0) is 14.8 Å². The van der Waals surface area contributed by atoms with Gasteiger partial charge in [-0.25, -0.2) is 12.8 Å². The summed E-state index contributed by atoms with van der Waals surface area (Å²) in [6.07, 6.45) is 1.74. The van der Waals surface area contributed by atoms with Crippen LogP contribution in [0.4, 0.5) is 15.9 Å². The first kappa shape index (κ1) is 20.0. The van der Waals surface area contributed by atoms with Crippen molar-refractivity contribution in [1.29, 1.82) is 0 Å². The van der Waals surface area contributed by atoms with E-state index in [2.05, 4.69) is 15.1 Å². The predicted molar refractivity (Wildman–Crippen MR) is 107 cm³/mol. The number of rotatable bonds is 4. The maximum absolute atomic E-state index is 13.3. The largest absolute Gasteiger partial charge is 0.378 e. The van der Waals surface area contributed by atoms with Crippen LogP contribution < -0.4 is 9.80 Å². The number of ether oxygens (including phenoxy) is 1. The zero-order chi connectivity index (χ0) is 20.4. The van der Waals surface area contributed by atoms with E-state index >= 15 is 0 Å². The maximum Gasteiger partial charge on any atom is 0.243 e. The molecule has 2 aromatic rings. The first-order chi connectivity index (χ1) is 13.9. The zero-order valence-corrected chi connectivity index (χ0v) is 17.1. The molecule has 0 atom stereocenters. The van der Waals surface area contributed by atoms with Gasteiger partial charge in [0.15, 0.2) is 5.82 Å². The van der Waals surface area contributed by atoms with Crippen LogP contribution in [0.2, 0.25) is 0 Å². The third-order valence-electron chi connectivity index (χ3n) is 5.32. The lowest BCUT2D eigenvalue weighted by molar-refractivity contribution is 0.122. The Morgan fingerprint density at radius 3 is 2.41 bits per heavy atom. The minimum Gasteiger partial charge on any atom is -0.378 e. The molecule has 2 aliphatic rings. The van der Waals surface area contributed by atoms with Crippen LogP contribution in [0.5, 0.6) is 0 Å². The molecule has 0 bridgehead atoms. The van der Waals surface area contributed by atoms with Crippen molar-refractivity contribution in [3.63, 3.8) is 0 Å². The topological polar surface area (TPSA) is 78.9 Å². The van der Waals surface area contributed by atoms with Gasteiger partial charge in [-0.05, 0) is 30.7 Å². The highest BCUT2D eigenvalue weighted by Gasteiger charge is 2.30. The summed E-state index contributed by atoms with van der Waals surface area (Å²) in [5.74, 6) is 0.300. The average Bonchev–Trinajstić information content (AvgIpc) is 2.74. The Balaban J connectivity index is 1.45. The molecule has 2 saturated heterocycles. The van der Waals surface area contributed by atoms with Crippen molar-refractivity contribution in [2.45, 2.75) is 11.8 Å². The molecule has 3 heterocycles. The number of nitrogens with zero attached hydrogens (tertiary/aromatic N) is 5. The van der Waals surface area contributed by atoms with E-state index < -0.39 is 15.8 Å². The summed E-state index contributed by atoms with van der Waals surface area (Å²) in [7, 11) is -3.66. The Kier molecular flexibility index (Phi) is 5.66. The van der Waals surface area contributed by atoms with E-state index in [0.717, 1.165) is 24.6 Å². The molecule has 29 heavy (non-hydrogen) atoms. The molecule has 2 fully saturated rings. The molecule has 0 radical (unpaired) electrons. The fourth-order valence-electron chi connectivity index (χ4n) is 3.69. The Morgan fingerprint density at radius 2 is 1.72 bits per heavy atom. The smallest absolute Gasteiger partial charge is 0.243 e. The molecule has 0 spiro atoms. The molecule has 0 unspecified atom stereocenters. The first-order valence-electron chi connectivity index (χ1n) is 9.62. The highest BCUT2D eigenvalue weighted by atomic mass is 32.2. The quantitative estimate of drug-likeness (QED) is 0.736. The van der Waals surface area contributed by atoms with Crippen molar-refractivity contribution in [1.82, 2.24) is 14.5 Å². The summed E-state index contributed by atoms with van der Waals surface area (Å²) >= 11 is 0. The van der Waals surface area contributed by atoms with Crippen LogP contribution in [0.25, 0.3) is 0 Å². The first-order valence-corrected chi connectivity index (χ1v) is 11.1. The number of hydrogen-bond acceptors (Lipinski definition) is 7. The number of piperazine rings is 1. The van der Waals surface area contributed by atoms with Crippen molar-refractivity contribution in [2.24, 2.45) is 0 Å². The van der Waals surface area contributed by atoms with E-state index in [0.29, 0.717) is 45.0 Å². The fraction of sp³-hybridized carbons (Fsp3) is 0.474. The standard InChI is InChI=1S/C19H24FN5O3S/c1-15-12-16(20)2-3-18(15)29(26,27)25-6-4-24(5-7-25)19-13-17(14-21-22-19)23-8-10-28-11-9-23/h2-3,12-14H,4-11H2,1H3. The number of morpholine rings is 1. The summed E-state index contributed by atoms with van der Waals surface area (Å²) < 4.78 is 46.1. The summed E-state index contributed by atoms with van der Waals surface area (Å²) in [5, 5.41) is 8.36. The van der Waals surface area contributed by atoms with Gasteiger partial charge < -0.3 is 14.5 Å². The number of halogens is 1. The molecule has 0 saturated carbocycles. The van der Waals surface area contributed by atoms with E-state index in [1.165, 1.54) is 22.5 Å². The van der Waals surface area contributed by atoms with E-state index in [1.807, 2.05) is 11.0 Å². The second kappa shape index (κ2) is 8.21. The third-order valence-corrected chi connectivity index (χ3v) is 7.38. The van der Waals surface area contributed by atoms with Crippen LogP contribution >= 0.6 is 0 Å².